The number of fused-ring (bicyclic) bond motifs is 1. The van der Waals surface area contributed by atoms with E-state index in [1.165, 1.54) is 29.6 Å². The zero-order valence-corrected chi connectivity index (χ0v) is 17.6. The minimum Gasteiger partial charge on any atom is -0.307 e. The molecule has 3 aromatic rings. The van der Waals surface area contributed by atoms with Crippen molar-refractivity contribution in [2.24, 2.45) is 0 Å². The normalized spacial score (nSPS) is 13.6. The first-order valence-corrected chi connectivity index (χ1v) is 11.3. The van der Waals surface area contributed by atoms with Gasteiger partial charge in [0, 0.05) is 11.3 Å². The molecule has 164 valence electrons. The van der Waals surface area contributed by atoms with Gasteiger partial charge < -0.3 is 5.32 Å². The highest BCUT2D eigenvalue weighted by Crippen LogP contribution is 2.29. The van der Waals surface area contributed by atoms with Crippen LogP contribution in [0.2, 0.25) is 0 Å². The fourth-order valence-electron chi connectivity index (χ4n) is 3.13. The molecular formula is C20H13F2N3O5S2. The summed E-state index contributed by atoms with van der Waals surface area (Å²) in [6.07, 6.45) is -0.218. The summed E-state index contributed by atoms with van der Waals surface area (Å²) in [5.41, 5.74) is -0.218. The van der Waals surface area contributed by atoms with Crippen LogP contribution < -0.4 is 14.9 Å². The number of nitrogens with one attached hydrogen (secondary N) is 2. The lowest BCUT2D eigenvalue weighted by atomic mass is 9.97. The minimum atomic E-state index is -4.08. The maximum Gasteiger partial charge on any atom is 0.333 e. The van der Waals surface area contributed by atoms with Crippen molar-refractivity contribution in [3.63, 3.8) is 0 Å². The third-order valence-electron chi connectivity index (χ3n) is 4.53. The van der Waals surface area contributed by atoms with Gasteiger partial charge in [0.15, 0.2) is 0 Å². The van der Waals surface area contributed by atoms with Crippen LogP contribution in [0.15, 0.2) is 58.1 Å². The summed E-state index contributed by atoms with van der Waals surface area (Å²) in [4.78, 5) is 37.7. The van der Waals surface area contributed by atoms with Gasteiger partial charge in [0.1, 0.15) is 15.8 Å². The number of hydrogen-bond donors (Lipinski definition) is 2. The highest BCUT2D eigenvalue weighted by atomic mass is 32.2. The SMILES string of the molecule is O=C(Nc1ccc(N2C(=O)Cc3ccc(F)cc3C2=O)c(F)c1)NS(=O)(=O)c1cccs1. The lowest BCUT2D eigenvalue weighted by Gasteiger charge is -2.27. The van der Waals surface area contributed by atoms with Crippen molar-refractivity contribution < 1.29 is 31.6 Å². The third-order valence-corrected chi connectivity index (χ3v) is 7.26. The Morgan fingerprint density at radius 1 is 1.06 bits per heavy atom. The third kappa shape index (κ3) is 4.09. The predicted molar refractivity (Wildman–Crippen MR) is 112 cm³/mol. The summed E-state index contributed by atoms with van der Waals surface area (Å²) < 4.78 is 54.1. The van der Waals surface area contributed by atoms with Crippen LogP contribution in [0.25, 0.3) is 0 Å². The van der Waals surface area contributed by atoms with E-state index in [0.29, 0.717) is 10.5 Å². The van der Waals surface area contributed by atoms with Crippen molar-refractivity contribution >= 4 is 50.6 Å². The molecule has 0 fully saturated rings. The molecule has 1 aromatic heterocycles. The van der Waals surface area contributed by atoms with Crippen LogP contribution in [-0.4, -0.2) is 26.3 Å². The Balaban J connectivity index is 1.54. The van der Waals surface area contributed by atoms with Crippen LogP contribution in [-0.2, 0) is 21.2 Å². The number of hydrogen-bond acceptors (Lipinski definition) is 6. The highest BCUT2D eigenvalue weighted by molar-refractivity contribution is 7.92. The van der Waals surface area contributed by atoms with Gasteiger partial charge in [0.25, 0.3) is 15.9 Å². The average molecular weight is 477 g/mol. The molecule has 8 nitrogen and oxygen atoms in total. The molecule has 4 amide bonds. The fraction of sp³-hybridized carbons (Fsp3) is 0.0500. The van der Waals surface area contributed by atoms with E-state index < -0.39 is 39.5 Å². The number of amides is 4. The van der Waals surface area contributed by atoms with E-state index in [2.05, 4.69) is 5.32 Å². The molecular weight excluding hydrogens is 464 g/mol. The molecule has 1 aliphatic heterocycles. The van der Waals surface area contributed by atoms with Gasteiger partial charge in [-0.25, -0.2) is 31.6 Å². The summed E-state index contributed by atoms with van der Waals surface area (Å²) >= 11 is 0.911. The molecule has 2 N–H and O–H groups in total. The first kappa shape index (κ1) is 21.6. The molecule has 4 rings (SSSR count). The van der Waals surface area contributed by atoms with Crippen LogP contribution in [0.1, 0.15) is 15.9 Å². The van der Waals surface area contributed by atoms with E-state index in [1.54, 1.807) is 4.72 Å². The molecule has 32 heavy (non-hydrogen) atoms. The molecule has 0 saturated carbocycles. The molecule has 0 bridgehead atoms. The molecule has 12 heteroatoms. The fourth-order valence-corrected chi connectivity index (χ4v) is 5.03. The smallest absolute Gasteiger partial charge is 0.307 e. The van der Waals surface area contributed by atoms with Gasteiger partial charge in [-0.2, -0.15) is 0 Å². The Morgan fingerprint density at radius 2 is 1.84 bits per heavy atom. The number of anilines is 2. The minimum absolute atomic E-state index is 0.0515. The molecule has 0 spiro atoms. The lowest BCUT2D eigenvalue weighted by Crippen LogP contribution is -2.43. The van der Waals surface area contributed by atoms with E-state index in [1.807, 2.05) is 0 Å². The van der Waals surface area contributed by atoms with Crippen molar-refractivity contribution in [1.29, 1.82) is 0 Å². The van der Waals surface area contributed by atoms with Crippen LogP contribution in [0.5, 0.6) is 0 Å². The molecule has 0 radical (unpaired) electrons. The second-order valence-electron chi connectivity index (χ2n) is 6.67. The maximum absolute atomic E-state index is 14.7. The summed E-state index contributed by atoms with van der Waals surface area (Å²) in [5, 5.41) is 3.70. The van der Waals surface area contributed by atoms with Gasteiger partial charge in [0.2, 0.25) is 5.91 Å². The number of carbonyl (C=O) groups excluding carboxylic acids is 3. The monoisotopic (exact) mass is 477 g/mol. The van der Waals surface area contributed by atoms with Gasteiger partial charge >= 0.3 is 6.03 Å². The maximum atomic E-state index is 14.7. The standard InChI is InChI=1S/C20H13F2N3O5S2/c21-12-4-3-11-8-17(26)25(19(27)14(11)9-12)16-6-5-13(10-15(16)22)23-20(28)24-32(29,30)18-2-1-7-31-18/h1-7,9-10H,8H2,(H2,23,24,28). The Kier molecular flexibility index (Phi) is 5.48. The Hall–Kier alpha value is -3.64. The molecule has 0 aliphatic carbocycles. The molecule has 2 aromatic carbocycles. The number of thiophene rings is 1. The van der Waals surface area contributed by atoms with Crippen LogP contribution >= 0.6 is 11.3 Å². The number of urea groups is 1. The van der Waals surface area contributed by atoms with Crippen LogP contribution in [0.3, 0.4) is 0 Å². The van der Waals surface area contributed by atoms with Gasteiger partial charge in [-0.3, -0.25) is 9.59 Å². The van der Waals surface area contributed by atoms with E-state index in [9.17, 15) is 31.6 Å². The molecule has 0 atom stereocenters. The molecule has 1 aliphatic rings. The molecule has 2 heterocycles. The second kappa shape index (κ2) is 8.13. The van der Waals surface area contributed by atoms with Crippen molar-refractivity contribution in [2.75, 3.05) is 10.2 Å². The number of carbonyl (C=O) groups is 3. The number of imide groups is 1. The number of nitrogens with zero attached hydrogens (tertiary/aromatic N) is 1. The molecule has 0 unspecified atom stereocenters. The summed E-state index contributed by atoms with van der Waals surface area (Å²) in [6, 6.07) is 8.21. The van der Waals surface area contributed by atoms with Gasteiger partial charge in [-0.1, -0.05) is 12.1 Å². The predicted octanol–water partition coefficient (Wildman–Crippen LogP) is 3.27. The Labute approximate surface area is 184 Å². The summed E-state index contributed by atoms with van der Waals surface area (Å²) in [7, 11) is -4.08. The average Bonchev–Trinajstić information content (AvgIpc) is 3.26. The van der Waals surface area contributed by atoms with E-state index in [-0.39, 0.29) is 27.6 Å². The quantitative estimate of drug-likeness (QED) is 0.560. The zero-order valence-electron chi connectivity index (χ0n) is 16.0. The van der Waals surface area contributed by atoms with Crippen molar-refractivity contribution in [2.45, 2.75) is 10.6 Å². The topological polar surface area (TPSA) is 113 Å². The van der Waals surface area contributed by atoms with Gasteiger partial charge in [-0.05, 0) is 47.3 Å². The first-order valence-electron chi connectivity index (χ1n) is 8.98. The zero-order chi connectivity index (χ0) is 23.0. The van der Waals surface area contributed by atoms with E-state index in [0.717, 1.165) is 35.6 Å². The first-order chi connectivity index (χ1) is 15.2. The van der Waals surface area contributed by atoms with Crippen LogP contribution in [0, 0.1) is 11.6 Å². The van der Waals surface area contributed by atoms with Gasteiger partial charge in [-0.15, -0.1) is 11.3 Å². The molecule has 0 saturated heterocycles. The van der Waals surface area contributed by atoms with Crippen molar-refractivity contribution in [3.05, 3.63) is 76.7 Å². The Morgan fingerprint density at radius 3 is 2.53 bits per heavy atom. The number of sulfonamides is 1. The van der Waals surface area contributed by atoms with Crippen molar-refractivity contribution in [1.82, 2.24) is 4.72 Å². The van der Waals surface area contributed by atoms with Crippen LogP contribution in [0.4, 0.5) is 25.0 Å². The van der Waals surface area contributed by atoms with E-state index >= 15 is 0 Å². The largest absolute Gasteiger partial charge is 0.333 e. The number of rotatable bonds is 4. The van der Waals surface area contributed by atoms with E-state index in [4.69, 9.17) is 0 Å². The van der Waals surface area contributed by atoms with Gasteiger partial charge in [0.05, 0.1) is 12.1 Å². The summed E-state index contributed by atoms with van der Waals surface area (Å²) in [5.74, 6) is -3.27. The second-order valence-corrected chi connectivity index (χ2v) is 9.53. The summed E-state index contributed by atoms with van der Waals surface area (Å²) in [6.45, 7) is 0. The number of halogens is 2. The highest BCUT2D eigenvalue weighted by Gasteiger charge is 2.34. The lowest BCUT2D eigenvalue weighted by molar-refractivity contribution is -0.117. The van der Waals surface area contributed by atoms with Crippen molar-refractivity contribution in [3.8, 4) is 0 Å². The number of benzene rings is 2. The Bertz CT molecular complexity index is 1360.